The Labute approximate surface area is 216 Å². The van der Waals surface area contributed by atoms with Crippen molar-refractivity contribution in [1.82, 2.24) is 14.5 Å². The summed E-state index contributed by atoms with van der Waals surface area (Å²) in [6, 6.07) is 13.0. The van der Waals surface area contributed by atoms with Crippen LogP contribution in [0.1, 0.15) is 16.3 Å². The molecule has 0 radical (unpaired) electrons. The highest BCUT2D eigenvalue weighted by molar-refractivity contribution is 7.89. The Morgan fingerprint density at radius 3 is 2.43 bits per heavy atom. The molecule has 0 atom stereocenters. The Hall–Kier alpha value is -4.26. The van der Waals surface area contributed by atoms with Gasteiger partial charge in [-0.05, 0) is 48.9 Å². The van der Waals surface area contributed by atoms with Crippen molar-refractivity contribution < 1.29 is 18.0 Å². The average molecular weight is 538 g/mol. The third-order valence-corrected chi connectivity index (χ3v) is 7.15. The van der Waals surface area contributed by atoms with E-state index in [4.69, 9.17) is 22.5 Å². The number of hydrogen-bond donors (Lipinski definition) is 3. The fraction of sp³-hybridized carbons (Fsp3) is 0.0833. The number of sulfonamides is 1. The fourth-order valence-electron chi connectivity index (χ4n) is 4.19. The number of nitrogens with zero attached hydrogens (tertiary/aromatic N) is 4. The molecule has 0 aliphatic carbocycles. The van der Waals surface area contributed by atoms with Crippen LogP contribution in [0.4, 0.5) is 17.2 Å². The molecule has 5 N–H and O–H groups in total. The van der Waals surface area contributed by atoms with Gasteiger partial charge in [0.25, 0.3) is 5.91 Å². The summed E-state index contributed by atoms with van der Waals surface area (Å²) in [5.74, 6) is -0.299. The topological polar surface area (TPSA) is 166 Å². The summed E-state index contributed by atoms with van der Waals surface area (Å²) in [6.07, 6.45) is 2.63. The zero-order chi connectivity index (χ0) is 26.5. The highest BCUT2D eigenvalue weighted by Crippen LogP contribution is 2.32. The maximum atomic E-state index is 13.8. The van der Waals surface area contributed by atoms with Crippen LogP contribution in [0.25, 0.3) is 16.8 Å². The lowest BCUT2D eigenvalue weighted by molar-refractivity contribution is -0.114. The van der Waals surface area contributed by atoms with E-state index in [-0.39, 0.29) is 23.0 Å². The molecule has 0 saturated heterocycles. The van der Waals surface area contributed by atoms with Gasteiger partial charge in [-0.3, -0.25) is 24.0 Å². The van der Waals surface area contributed by atoms with Gasteiger partial charge in [-0.25, -0.2) is 18.5 Å². The number of aromatic nitrogens is 3. The third kappa shape index (κ3) is 4.42. The molecule has 0 bridgehead atoms. The van der Waals surface area contributed by atoms with Gasteiger partial charge in [0.15, 0.2) is 11.5 Å². The van der Waals surface area contributed by atoms with Crippen molar-refractivity contribution in [3.05, 3.63) is 77.5 Å². The van der Waals surface area contributed by atoms with Crippen LogP contribution in [0.15, 0.2) is 65.8 Å². The maximum absolute atomic E-state index is 13.8. The molecular formula is C24H20ClN7O4S. The zero-order valence-electron chi connectivity index (χ0n) is 19.3. The summed E-state index contributed by atoms with van der Waals surface area (Å²) in [4.78, 5) is 35.9. The Bertz CT molecular complexity index is 1680. The summed E-state index contributed by atoms with van der Waals surface area (Å²) in [5.41, 5.74) is 8.34. The predicted molar refractivity (Wildman–Crippen MR) is 139 cm³/mol. The Balaban J connectivity index is 1.57. The molecule has 5 rings (SSSR count). The number of rotatable bonds is 4. The first-order valence-corrected chi connectivity index (χ1v) is 12.8. The van der Waals surface area contributed by atoms with E-state index in [1.165, 1.54) is 23.4 Å². The van der Waals surface area contributed by atoms with Gasteiger partial charge in [0, 0.05) is 29.3 Å². The molecule has 0 unspecified atom stereocenters. The van der Waals surface area contributed by atoms with Crippen LogP contribution in [-0.2, 0) is 14.8 Å². The largest absolute Gasteiger partial charge is 0.397 e. The van der Waals surface area contributed by atoms with E-state index in [1.807, 2.05) is 0 Å². The van der Waals surface area contributed by atoms with E-state index >= 15 is 0 Å². The molecule has 1 aliphatic rings. The number of primary sulfonamides is 1. The van der Waals surface area contributed by atoms with Crippen LogP contribution in [0.3, 0.4) is 0 Å². The van der Waals surface area contributed by atoms with Crippen LogP contribution in [0.5, 0.6) is 0 Å². The minimum absolute atomic E-state index is 0.126. The van der Waals surface area contributed by atoms with Gasteiger partial charge in [0.2, 0.25) is 15.9 Å². The van der Waals surface area contributed by atoms with E-state index in [0.29, 0.717) is 39.0 Å². The van der Waals surface area contributed by atoms with Crippen molar-refractivity contribution in [1.29, 1.82) is 0 Å². The number of fused-ring (bicyclic) bond motifs is 1. The van der Waals surface area contributed by atoms with Gasteiger partial charge in [-0.15, -0.1) is 0 Å². The van der Waals surface area contributed by atoms with Crippen LogP contribution in [0, 0.1) is 6.92 Å². The number of halogens is 1. The molecule has 13 heteroatoms. The van der Waals surface area contributed by atoms with Gasteiger partial charge in [-0.1, -0.05) is 23.7 Å². The second-order valence-corrected chi connectivity index (χ2v) is 10.2. The summed E-state index contributed by atoms with van der Waals surface area (Å²) < 4.78 is 25.6. The summed E-state index contributed by atoms with van der Waals surface area (Å²) in [6.45, 7) is 1.45. The standard InChI is InChI=1S/C24H20ClN7O4S/c1-13-29-23-22(32(13)16-6-7-18(25)19(26)10-16)24(34)31(12-21(33)30-23)15-4-2-14(3-5-15)17-8-9-28-11-20(17)37(27,35)36/h2-11H,12,26H2,1H3,(H,30,33)(H2,27,35,36). The summed E-state index contributed by atoms with van der Waals surface area (Å²) in [7, 11) is -4.01. The quantitative estimate of drug-likeness (QED) is 0.336. The number of aryl methyl sites for hydroxylation is 1. The van der Waals surface area contributed by atoms with Gasteiger partial charge in [0.1, 0.15) is 17.3 Å². The number of anilines is 3. The predicted octanol–water partition coefficient (Wildman–Crippen LogP) is 2.72. The fourth-order valence-corrected chi connectivity index (χ4v) is 5.01. The van der Waals surface area contributed by atoms with E-state index in [2.05, 4.69) is 15.3 Å². The van der Waals surface area contributed by atoms with E-state index in [9.17, 15) is 18.0 Å². The first-order valence-electron chi connectivity index (χ1n) is 10.9. The lowest BCUT2D eigenvalue weighted by Gasteiger charge is -2.21. The smallest absolute Gasteiger partial charge is 0.279 e. The minimum Gasteiger partial charge on any atom is -0.397 e. The number of nitrogens with one attached hydrogen (secondary N) is 1. The van der Waals surface area contributed by atoms with E-state index in [1.54, 1.807) is 54.0 Å². The van der Waals surface area contributed by atoms with Crippen molar-refractivity contribution in [3.63, 3.8) is 0 Å². The van der Waals surface area contributed by atoms with Gasteiger partial charge in [-0.2, -0.15) is 0 Å². The number of imidazole rings is 1. The normalized spacial score (nSPS) is 13.8. The van der Waals surface area contributed by atoms with Crippen LogP contribution in [0.2, 0.25) is 5.02 Å². The van der Waals surface area contributed by atoms with Crippen LogP contribution >= 0.6 is 11.6 Å². The molecule has 1 aliphatic heterocycles. The third-order valence-electron chi connectivity index (χ3n) is 5.87. The molecule has 11 nitrogen and oxygen atoms in total. The molecule has 2 amide bonds. The highest BCUT2D eigenvalue weighted by Gasteiger charge is 2.33. The summed E-state index contributed by atoms with van der Waals surface area (Å²) in [5, 5.41) is 8.39. The van der Waals surface area contributed by atoms with Crippen molar-refractivity contribution >= 4 is 50.6 Å². The second-order valence-electron chi connectivity index (χ2n) is 8.30. The molecule has 2 aromatic carbocycles. The monoisotopic (exact) mass is 537 g/mol. The molecule has 0 fully saturated rings. The Kier molecular flexibility index (Phi) is 5.94. The SMILES string of the molecule is Cc1nc2c(n1-c1ccc(Cl)c(N)c1)C(=O)N(c1ccc(-c3ccncc3S(N)(=O)=O)cc1)CC(=O)N2. The van der Waals surface area contributed by atoms with Crippen molar-refractivity contribution in [3.8, 4) is 16.8 Å². The molecule has 37 heavy (non-hydrogen) atoms. The van der Waals surface area contributed by atoms with Crippen molar-refractivity contribution in [2.75, 3.05) is 22.5 Å². The highest BCUT2D eigenvalue weighted by atomic mass is 35.5. The number of pyridine rings is 1. The number of benzene rings is 2. The molecule has 4 aromatic rings. The molecule has 3 heterocycles. The number of carbonyl (C=O) groups excluding carboxylic acids is 2. The van der Waals surface area contributed by atoms with E-state index < -0.39 is 21.8 Å². The maximum Gasteiger partial charge on any atom is 0.279 e. The van der Waals surface area contributed by atoms with Crippen molar-refractivity contribution in [2.24, 2.45) is 5.14 Å². The van der Waals surface area contributed by atoms with E-state index in [0.717, 1.165) is 0 Å². The minimum atomic E-state index is -4.01. The Morgan fingerprint density at radius 2 is 1.76 bits per heavy atom. The number of hydrogen-bond acceptors (Lipinski definition) is 7. The van der Waals surface area contributed by atoms with Crippen molar-refractivity contribution in [2.45, 2.75) is 11.8 Å². The van der Waals surface area contributed by atoms with Crippen LogP contribution < -0.4 is 21.1 Å². The average Bonchev–Trinajstić information content (AvgIpc) is 3.12. The molecule has 188 valence electrons. The number of nitrogen functional groups attached to an aromatic ring is 1. The number of carbonyl (C=O) groups is 2. The molecule has 0 spiro atoms. The molecule has 2 aromatic heterocycles. The Morgan fingerprint density at radius 1 is 1.05 bits per heavy atom. The first-order chi connectivity index (χ1) is 17.5. The molecular weight excluding hydrogens is 518 g/mol. The lowest BCUT2D eigenvalue weighted by Crippen LogP contribution is -2.36. The second kappa shape index (κ2) is 9.00. The number of amides is 2. The van der Waals surface area contributed by atoms with Gasteiger partial charge in [0.05, 0.1) is 10.7 Å². The lowest BCUT2D eigenvalue weighted by atomic mass is 10.1. The van der Waals surface area contributed by atoms with Crippen LogP contribution in [-0.4, -0.2) is 41.3 Å². The number of nitrogens with two attached hydrogens (primary N) is 2. The van der Waals surface area contributed by atoms with Gasteiger partial charge >= 0.3 is 0 Å². The van der Waals surface area contributed by atoms with Gasteiger partial charge < -0.3 is 11.1 Å². The zero-order valence-corrected chi connectivity index (χ0v) is 20.9. The summed E-state index contributed by atoms with van der Waals surface area (Å²) >= 11 is 6.07. The first kappa shape index (κ1) is 24.4. The molecule has 0 saturated carbocycles.